The van der Waals surface area contributed by atoms with Crippen LogP contribution in [0.1, 0.15) is 51.7 Å². The summed E-state index contributed by atoms with van der Waals surface area (Å²) >= 11 is 1.24. The van der Waals surface area contributed by atoms with Crippen LogP contribution in [0.5, 0.6) is 0 Å². The van der Waals surface area contributed by atoms with Crippen molar-refractivity contribution in [2.24, 2.45) is 10.7 Å². The fourth-order valence-electron chi connectivity index (χ4n) is 2.40. The highest BCUT2D eigenvalue weighted by Gasteiger charge is 2.25. The fourth-order valence-corrected chi connectivity index (χ4v) is 3.07. The summed E-state index contributed by atoms with van der Waals surface area (Å²) in [6, 6.07) is 3.58. The normalized spacial score (nSPS) is 11.0. The van der Waals surface area contributed by atoms with E-state index in [2.05, 4.69) is 9.98 Å². The van der Waals surface area contributed by atoms with Crippen LogP contribution in [0.15, 0.2) is 27.8 Å². The number of rotatable bonds is 8. The van der Waals surface area contributed by atoms with E-state index >= 15 is 0 Å². The van der Waals surface area contributed by atoms with Crippen LogP contribution < -0.4 is 5.73 Å². The molecule has 2 aromatic rings. The van der Waals surface area contributed by atoms with Crippen LogP contribution in [-0.2, 0) is 21.8 Å². The zero-order chi connectivity index (χ0) is 19.8. The summed E-state index contributed by atoms with van der Waals surface area (Å²) in [5, 5.41) is 0.339. The second-order valence-electron chi connectivity index (χ2n) is 5.44. The standard InChI is InChI=1S/C18H23N3O5S.ClH/c1-4-24-16(22)14-11(3)15(17(23)25-5-2)21-13(14)10-27-18(19)20-9-12-7-6-8-26-12;/h6-8,21H,4-5,9-10H2,1-3H3,(H2,19,20);1H. The Morgan fingerprint density at radius 1 is 1.25 bits per heavy atom. The van der Waals surface area contributed by atoms with Crippen molar-refractivity contribution in [2.45, 2.75) is 33.1 Å². The van der Waals surface area contributed by atoms with E-state index in [1.807, 2.05) is 0 Å². The SMILES string of the molecule is CCOC(=O)c1[nH]c(CSC(N)=NCc2ccco2)c(C(=O)OCC)c1C.Cl. The van der Waals surface area contributed by atoms with Gasteiger partial charge in [0.05, 0.1) is 31.6 Å². The number of H-pyrrole nitrogens is 1. The van der Waals surface area contributed by atoms with Crippen molar-refractivity contribution in [3.63, 3.8) is 0 Å². The molecule has 8 nitrogen and oxygen atoms in total. The second-order valence-corrected chi connectivity index (χ2v) is 6.44. The first-order valence-corrected chi connectivity index (χ1v) is 9.47. The molecule has 2 aromatic heterocycles. The van der Waals surface area contributed by atoms with Crippen LogP contribution in [0.3, 0.4) is 0 Å². The Morgan fingerprint density at radius 3 is 2.54 bits per heavy atom. The van der Waals surface area contributed by atoms with E-state index in [1.54, 1.807) is 39.2 Å². The fraction of sp³-hybridized carbons (Fsp3) is 0.389. The average Bonchev–Trinajstić information content (AvgIpc) is 3.26. The number of nitrogens with zero attached hydrogens (tertiary/aromatic N) is 1. The summed E-state index contributed by atoms with van der Waals surface area (Å²) in [7, 11) is 0. The number of carbonyl (C=O) groups is 2. The number of aromatic amines is 1. The van der Waals surface area contributed by atoms with Crippen molar-refractivity contribution in [1.82, 2.24) is 4.98 Å². The third-order valence-corrected chi connectivity index (χ3v) is 4.48. The number of ether oxygens (including phenoxy) is 2. The van der Waals surface area contributed by atoms with Crippen LogP contribution in [0, 0.1) is 6.92 Å². The molecular formula is C18H24ClN3O5S. The van der Waals surface area contributed by atoms with Gasteiger partial charge < -0.3 is 24.6 Å². The summed E-state index contributed by atoms with van der Waals surface area (Å²) in [6.07, 6.45) is 1.57. The van der Waals surface area contributed by atoms with Gasteiger partial charge in [0.25, 0.3) is 0 Å². The lowest BCUT2D eigenvalue weighted by Crippen LogP contribution is -2.10. The molecule has 0 aliphatic carbocycles. The van der Waals surface area contributed by atoms with Gasteiger partial charge in [0.2, 0.25) is 0 Å². The Morgan fingerprint density at radius 2 is 1.93 bits per heavy atom. The van der Waals surface area contributed by atoms with Crippen LogP contribution in [0.25, 0.3) is 0 Å². The van der Waals surface area contributed by atoms with Gasteiger partial charge in [0.1, 0.15) is 11.5 Å². The van der Waals surface area contributed by atoms with Gasteiger partial charge in [-0.25, -0.2) is 9.59 Å². The molecule has 0 aliphatic heterocycles. The van der Waals surface area contributed by atoms with E-state index < -0.39 is 11.9 Å². The average molecular weight is 430 g/mol. The Balaban J connectivity index is 0.00000392. The Bertz CT molecular complexity index is 818. The number of hydrogen-bond acceptors (Lipinski definition) is 7. The summed E-state index contributed by atoms with van der Waals surface area (Å²) in [6.45, 7) is 5.92. The van der Waals surface area contributed by atoms with Gasteiger partial charge in [-0.1, -0.05) is 11.8 Å². The molecule has 0 aliphatic rings. The van der Waals surface area contributed by atoms with Gasteiger partial charge in [-0.05, 0) is 38.5 Å². The van der Waals surface area contributed by atoms with Crippen molar-refractivity contribution < 1.29 is 23.5 Å². The smallest absolute Gasteiger partial charge is 0.355 e. The molecule has 0 saturated heterocycles. The molecule has 0 saturated carbocycles. The monoisotopic (exact) mass is 429 g/mol. The predicted molar refractivity (Wildman–Crippen MR) is 110 cm³/mol. The Kier molecular flexibility index (Phi) is 9.67. The molecular weight excluding hydrogens is 406 g/mol. The van der Waals surface area contributed by atoms with Gasteiger partial charge in [0, 0.05) is 11.4 Å². The molecule has 10 heteroatoms. The van der Waals surface area contributed by atoms with E-state index in [4.69, 9.17) is 19.6 Å². The van der Waals surface area contributed by atoms with E-state index in [0.29, 0.717) is 40.0 Å². The quantitative estimate of drug-likeness (QED) is 0.374. The van der Waals surface area contributed by atoms with Gasteiger partial charge in [-0.15, -0.1) is 12.4 Å². The minimum Gasteiger partial charge on any atom is -0.467 e. The highest BCUT2D eigenvalue weighted by molar-refractivity contribution is 8.13. The highest BCUT2D eigenvalue weighted by atomic mass is 35.5. The van der Waals surface area contributed by atoms with Gasteiger partial charge in [0.15, 0.2) is 5.17 Å². The highest BCUT2D eigenvalue weighted by Crippen LogP contribution is 2.24. The Hall–Kier alpha value is -2.39. The number of aromatic nitrogens is 1. The summed E-state index contributed by atoms with van der Waals surface area (Å²) in [4.78, 5) is 31.6. The molecule has 2 rings (SSSR count). The number of halogens is 1. The minimum atomic E-state index is -0.517. The number of amidine groups is 1. The molecule has 0 atom stereocenters. The van der Waals surface area contributed by atoms with Gasteiger partial charge >= 0.3 is 11.9 Å². The molecule has 0 amide bonds. The first kappa shape index (κ1) is 23.6. The number of nitrogens with one attached hydrogen (secondary N) is 1. The maximum absolute atomic E-state index is 12.3. The minimum absolute atomic E-state index is 0. The molecule has 28 heavy (non-hydrogen) atoms. The number of nitrogens with two attached hydrogens (primary N) is 1. The van der Waals surface area contributed by atoms with Crippen molar-refractivity contribution in [3.8, 4) is 0 Å². The molecule has 154 valence electrons. The van der Waals surface area contributed by atoms with Gasteiger partial charge in [-0.2, -0.15) is 0 Å². The topological polar surface area (TPSA) is 120 Å². The lowest BCUT2D eigenvalue weighted by Gasteiger charge is -2.05. The van der Waals surface area contributed by atoms with Gasteiger partial charge in [-0.3, -0.25) is 4.99 Å². The summed E-state index contributed by atoms with van der Waals surface area (Å²) in [5.74, 6) is 0.00726. The molecule has 0 spiro atoms. The third-order valence-electron chi connectivity index (χ3n) is 3.62. The van der Waals surface area contributed by atoms with Crippen LogP contribution in [0.4, 0.5) is 0 Å². The van der Waals surface area contributed by atoms with Crippen molar-refractivity contribution in [2.75, 3.05) is 13.2 Å². The number of esters is 2. The molecule has 2 heterocycles. The van der Waals surface area contributed by atoms with E-state index in [1.165, 1.54) is 11.8 Å². The Labute approximate surface area is 173 Å². The second kappa shape index (κ2) is 11.5. The van der Waals surface area contributed by atoms with E-state index in [9.17, 15) is 9.59 Å². The number of aliphatic imine (C=N–C) groups is 1. The lowest BCUT2D eigenvalue weighted by atomic mass is 10.1. The molecule has 0 aromatic carbocycles. The molecule has 0 fully saturated rings. The first-order valence-electron chi connectivity index (χ1n) is 8.48. The van der Waals surface area contributed by atoms with Crippen LogP contribution >= 0.6 is 24.2 Å². The molecule has 0 unspecified atom stereocenters. The first-order chi connectivity index (χ1) is 13.0. The zero-order valence-electron chi connectivity index (χ0n) is 15.9. The number of hydrogen-bond donors (Lipinski definition) is 2. The van der Waals surface area contributed by atoms with Crippen LogP contribution in [-0.4, -0.2) is 35.3 Å². The molecule has 3 N–H and O–H groups in total. The number of carbonyl (C=O) groups excluding carboxylic acids is 2. The van der Waals surface area contributed by atoms with Crippen molar-refractivity contribution in [1.29, 1.82) is 0 Å². The third kappa shape index (κ3) is 6.07. The van der Waals surface area contributed by atoms with Crippen LogP contribution in [0.2, 0.25) is 0 Å². The number of thioether (sulfide) groups is 1. The van der Waals surface area contributed by atoms with E-state index in [-0.39, 0.29) is 31.3 Å². The largest absolute Gasteiger partial charge is 0.467 e. The predicted octanol–water partition coefficient (Wildman–Crippen LogP) is 3.44. The van der Waals surface area contributed by atoms with Crippen molar-refractivity contribution >= 4 is 41.3 Å². The van der Waals surface area contributed by atoms with E-state index in [0.717, 1.165) is 0 Å². The van der Waals surface area contributed by atoms with Crippen molar-refractivity contribution in [3.05, 3.63) is 46.7 Å². The zero-order valence-corrected chi connectivity index (χ0v) is 17.6. The summed E-state index contributed by atoms with van der Waals surface area (Å²) in [5.41, 5.74) is 7.52. The lowest BCUT2D eigenvalue weighted by molar-refractivity contribution is 0.0518. The molecule has 0 bridgehead atoms. The molecule has 0 radical (unpaired) electrons. The summed E-state index contributed by atoms with van der Waals surface area (Å²) < 4.78 is 15.3. The number of furan rings is 1. The maximum Gasteiger partial charge on any atom is 0.355 e. The maximum atomic E-state index is 12.3.